The minimum Gasteiger partial charge on any atom is -0.474 e. The molecule has 168 valence electrons. The van der Waals surface area contributed by atoms with Crippen molar-refractivity contribution in [1.82, 2.24) is 9.97 Å². The van der Waals surface area contributed by atoms with E-state index in [0.29, 0.717) is 47.8 Å². The molecule has 1 atom stereocenters. The van der Waals surface area contributed by atoms with E-state index in [1.54, 1.807) is 25.4 Å². The van der Waals surface area contributed by atoms with Crippen LogP contribution in [0.1, 0.15) is 18.9 Å². The van der Waals surface area contributed by atoms with Crippen LogP contribution >= 0.6 is 0 Å². The second-order valence-electron chi connectivity index (χ2n) is 7.60. The summed E-state index contributed by atoms with van der Waals surface area (Å²) in [6, 6.07) is 4.83. The molecule has 0 radical (unpaired) electrons. The summed E-state index contributed by atoms with van der Waals surface area (Å²) in [4.78, 5) is 20.6. The third-order valence-corrected chi connectivity index (χ3v) is 5.43. The van der Waals surface area contributed by atoms with Gasteiger partial charge in [-0.25, -0.2) is 19.2 Å². The lowest BCUT2D eigenvalue weighted by Crippen LogP contribution is -2.20. The van der Waals surface area contributed by atoms with Gasteiger partial charge in [0, 0.05) is 49.0 Å². The number of hydrogen-bond donors (Lipinski definition) is 2. The van der Waals surface area contributed by atoms with Crippen LogP contribution in [0.5, 0.6) is 5.88 Å². The van der Waals surface area contributed by atoms with Crippen molar-refractivity contribution in [3.63, 3.8) is 0 Å². The van der Waals surface area contributed by atoms with Crippen LogP contribution in [0.2, 0.25) is 0 Å². The van der Waals surface area contributed by atoms with Gasteiger partial charge in [0.15, 0.2) is 0 Å². The first kappa shape index (κ1) is 21.8. The number of hydrogen-bond acceptors (Lipinski definition) is 7. The molecule has 0 fully saturated rings. The Kier molecular flexibility index (Phi) is 6.36. The second-order valence-corrected chi connectivity index (χ2v) is 7.60. The van der Waals surface area contributed by atoms with Crippen molar-refractivity contribution in [3.8, 4) is 17.0 Å². The van der Waals surface area contributed by atoms with Crippen molar-refractivity contribution >= 4 is 28.4 Å². The molecule has 3 aromatic rings. The molecule has 0 spiro atoms. The number of fused-ring (bicyclic) bond motifs is 2. The van der Waals surface area contributed by atoms with Crippen LogP contribution in [0.4, 0.5) is 20.7 Å². The predicted octanol–water partition coefficient (Wildman–Crippen LogP) is 4.52. The van der Waals surface area contributed by atoms with Crippen molar-refractivity contribution in [2.24, 2.45) is 0 Å². The van der Waals surface area contributed by atoms with Crippen LogP contribution in [-0.2, 0) is 9.47 Å². The molecule has 32 heavy (non-hydrogen) atoms. The van der Waals surface area contributed by atoms with E-state index in [-0.39, 0.29) is 18.5 Å². The average Bonchev–Trinajstić information content (AvgIpc) is 2.79. The highest BCUT2D eigenvalue weighted by atomic mass is 19.1. The lowest BCUT2D eigenvalue weighted by molar-refractivity contribution is 0.0836. The maximum Gasteiger partial charge on any atom is 0.412 e. The Balaban J connectivity index is 1.58. The van der Waals surface area contributed by atoms with E-state index in [4.69, 9.17) is 14.2 Å². The molecular weight excluding hydrogens is 415 g/mol. The van der Waals surface area contributed by atoms with Crippen molar-refractivity contribution in [1.29, 1.82) is 0 Å². The number of anilines is 2. The lowest BCUT2D eigenvalue weighted by Gasteiger charge is -2.21. The Bertz CT molecular complexity index is 1150. The monoisotopic (exact) mass is 440 g/mol. The summed E-state index contributed by atoms with van der Waals surface area (Å²) in [5.74, 6) is 0.455. The Morgan fingerprint density at radius 3 is 2.91 bits per heavy atom. The zero-order valence-electron chi connectivity index (χ0n) is 18.2. The van der Waals surface area contributed by atoms with Crippen LogP contribution in [0.15, 0.2) is 30.6 Å². The maximum atomic E-state index is 15.0. The number of aromatic nitrogens is 2. The van der Waals surface area contributed by atoms with Gasteiger partial charge in [-0.2, -0.15) is 0 Å². The fourth-order valence-electron chi connectivity index (χ4n) is 3.51. The third-order valence-electron chi connectivity index (χ3n) is 5.43. The van der Waals surface area contributed by atoms with E-state index in [1.807, 2.05) is 13.8 Å². The minimum absolute atomic E-state index is 0.00165. The summed E-state index contributed by atoms with van der Waals surface area (Å²) < 4.78 is 30.8. The number of nitrogens with one attached hydrogen (secondary N) is 2. The molecule has 9 heteroatoms. The molecule has 1 amide bonds. The van der Waals surface area contributed by atoms with Crippen molar-refractivity contribution in [3.05, 3.63) is 42.0 Å². The number of carbonyl (C=O) groups is 1. The smallest absolute Gasteiger partial charge is 0.412 e. The normalized spacial score (nSPS) is 13.6. The molecule has 3 heterocycles. The van der Waals surface area contributed by atoms with E-state index in [1.165, 1.54) is 12.3 Å². The average molecular weight is 440 g/mol. The predicted molar refractivity (Wildman–Crippen MR) is 120 cm³/mol. The van der Waals surface area contributed by atoms with Gasteiger partial charge < -0.3 is 19.5 Å². The van der Waals surface area contributed by atoms with Gasteiger partial charge in [0.2, 0.25) is 5.88 Å². The van der Waals surface area contributed by atoms with Crippen molar-refractivity contribution in [2.75, 3.05) is 37.5 Å². The number of nitrogens with zero attached hydrogens (tertiary/aromatic N) is 2. The number of ether oxygens (including phenoxy) is 3. The van der Waals surface area contributed by atoms with Gasteiger partial charge in [-0.3, -0.25) is 5.32 Å². The van der Waals surface area contributed by atoms with Crippen LogP contribution in [0.3, 0.4) is 0 Å². The second kappa shape index (κ2) is 9.35. The van der Waals surface area contributed by atoms with Crippen LogP contribution in [-0.4, -0.2) is 49.0 Å². The molecule has 0 saturated heterocycles. The van der Waals surface area contributed by atoms with Crippen LogP contribution < -0.4 is 15.4 Å². The Labute approximate surface area is 185 Å². The van der Waals surface area contributed by atoms with Crippen LogP contribution in [0, 0.1) is 12.7 Å². The summed E-state index contributed by atoms with van der Waals surface area (Å²) in [5, 5.41) is 7.21. The lowest BCUT2D eigenvalue weighted by atomic mass is 9.98. The van der Waals surface area contributed by atoms with Gasteiger partial charge >= 0.3 is 6.09 Å². The molecule has 1 aliphatic heterocycles. The number of rotatable bonds is 6. The fraction of sp³-hybridized carbons (Fsp3) is 0.348. The number of benzene rings is 1. The highest BCUT2D eigenvalue weighted by Crippen LogP contribution is 2.37. The first-order valence-electron chi connectivity index (χ1n) is 10.4. The maximum absolute atomic E-state index is 15.0. The highest BCUT2D eigenvalue weighted by molar-refractivity contribution is 5.92. The zero-order valence-corrected chi connectivity index (χ0v) is 18.2. The molecule has 8 nitrogen and oxygen atoms in total. The summed E-state index contributed by atoms with van der Waals surface area (Å²) in [5.41, 5.74) is 2.70. The molecule has 4 rings (SSSR count). The van der Waals surface area contributed by atoms with E-state index in [2.05, 4.69) is 20.6 Å². The van der Waals surface area contributed by atoms with Crippen molar-refractivity contribution < 1.29 is 23.4 Å². The van der Waals surface area contributed by atoms with Crippen molar-refractivity contribution in [2.45, 2.75) is 26.4 Å². The van der Waals surface area contributed by atoms with Crippen LogP contribution in [0.25, 0.3) is 21.9 Å². The molecule has 2 N–H and O–H groups in total. The molecule has 2 aromatic heterocycles. The Morgan fingerprint density at radius 2 is 2.09 bits per heavy atom. The van der Waals surface area contributed by atoms with E-state index >= 15 is 0 Å². The van der Waals surface area contributed by atoms with E-state index in [0.717, 1.165) is 16.6 Å². The zero-order chi connectivity index (χ0) is 22.7. The summed E-state index contributed by atoms with van der Waals surface area (Å²) in [7, 11) is 1.60. The minimum atomic E-state index is -0.608. The van der Waals surface area contributed by atoms with Gasteiger partial charge in [0.25, 0.3) is 0 Å². The molecular formula is C23H25FN4O4. The Hall–Kier alpha value is -3.46. The first-order chi connectivity index (χ1) is 15.5. The van der Waals surface area contributed by atoms with Gasteiger partial charge in [-0.1, -0.05) is 0 Å². The fourth-order valence-corrected chi connectivity index (χ4v) is 3.51. The first-order valence-corrected chi connectivity index (χ1v) is 10.4. The number of halogens is 1. The Morgan fingerprint density at radius 1 is 1.25 bits per heavy atom. The molecule has 0 unspecified atom stereocenters. The summed E-state index contributed by atoms with van der Waals surface area (Å²) >= 11 is 0. The molecule has 0 aliphatic carbocycles. The highest BCUT2D eigenvalue weighted by Gasteiger charge is 2.19. The summed E-state index contributed by atoms with van der Waals surface area (Å²) in [6.07, 6.45) is 3.11. The van der Waals surface area contributed by atoms with Gasteiger partial charge in [-0.05, 0) is 43.0 Å². The number of amides is 1. The number of carbonyl (C=O) groups excluding carboxylic acids is 1. The number of pyridine rings is 2. The van der Waals surface area contributed by atoms with E-state index < -0.39 is 6.09 Å². The summed E-state index contributed by atoms with van der Waals surface area (Å²) in [6.45, 7) is 5.24. The number of methoxy groups -OCH3 is 1. The topological polar surface area (TPSA) is 94.6 Å². The molecule has 1 aliphatic rings. The third kappa shape index (κ3) is 4.57. The van der Waals surface area contributed by atoms with Gasteiger partial charge in [-0.15, -0.1) is 0 Å². The van der Waals surface area contributed by atoms with E-state index in [9.17, 15) is 9.18 Å². The van der Waals surface area contributed by atoms with Gasteiger partial charge in [0.05, 0.1) is 12.7 Å². The quantitative estimate of drug-likeness (QED) is 0.582. The largest absolute Gasteiger partial charge is 0.474 e. The molecule has 1 aromatic carbocycles. The molecule has 0 bridgehead atoms. The SMILES string of the molecule is CO[C@@H](C)CCOC(=O)Nc1cc2cc(-c3cnc4c(c3C)NCCO4)c(F)cc2cn1. The standard InChI is InChI=1S/C23H25FN4O4/c1-13(30-3)4-6-32-23(29)28-20-10-15-8-17(19(24)9-16(15)11-26-20)18-12-27-22-21(14(18)2)25-5-7-31-22/h8-13,25H,4-7H2,1-3H3,(H,26,28,29)/t13-/m0/s1. The van der Waals surface area contributed by atoms with Gasteiger partial charge in [0.1, 0.15) is 23.9 Å². The molecule has 0 saturated carbocycles.